The summed E-state index contributed by atoms with van der Waals surface area (Å²) in [5, 5.41) is 8.59. The normalized spacial score (nSPS) is 15.8. The van der Waals surface area contributed by atoms with E-state index in [1.807, 2.05) is 53.4 Å². The van der Waals surface area contributed by atoms with Crippen molar-refractivity contribution in [2.24, 2.45) is 0 Å². The Morgan fingerprint density at radius 3 is 2.77 bits per heavy atom. The number of rotatable bonds is 8. The van der Waals surface area contributed by atoms with Gasteiger partial charge in [-0.25, -0.2) is 0 Å². The number of benzene rings is 2. The maximum Gasteiger partial charge on any atom is 0.277 e. The summed E-state index contributed by atoms with van der Waals surface area (Å²) in [6.45, 7) is 0.716. The first-order chi connectivity index (χ1) is 15.2. The minimum absolute atomic E-state index is 0.0329. The number of amides is 1. The lowest BCUT2D eigenvalue weighted by atomic mass is 10.0. The SMILES string of the molecule is COc1ccc(OC)c([C@H]2CCCN2C(=O)CSc2nnc(Cc3ccccc3)o2)c1. The Kier molecular flexibility index (Phi) is 6.76. The first-order valence-corrected chi connectivity index (χ1v) is 11.2. The number of ether oxygens (including phenoxy) is 2. The molecule has 0 radical (unpaired) electrons. The topological polar surface area (TPSA) is 77.7 Å². The van der Waals surface area contributed by atoms with Crippen LogP contribution >= 0.6 is 11.8 Å². The largest absolute Gasteiger partial charge is 0.497 e. The van der Waals surface area contributed by atoms with Crippen LogP contribution < -0.4 is 9.47 Å². The first kappa shape index (κ1) is 21.2. The molecule has 1 aliphatic rings. The zero-order valence-corrected chi connectivity index (χ0v) is 18.4. The summed E-state index contributed by atoms with van der Waals surface area (Å²) in [6.07, 6.45) is 2.41. The van der Waals surface area contributed by atoms with E-state index in [-0.39, 0.29) is 17.7 Å². The van der Waals surface area contributed by atoms with Crippen LogP contribution in [0, 0.1) is 0 Å². The molecule has 1 aliphatic heterocycles. The van der Waals surface area contributed by atoms with E-state index in [4.69, 9.17) is 13.9 Å². The monoisotopic (exact) mass is 439 g/mol. The summed E-state index contributed by atoms with van der Waals surface area (Å²) in [5.41, 5.74) is 2.08. The fraction of sp³-hybridized carbons (Fsp3) is 0.348. The Morgan fingerprint density at radius 1 is 1.16 bits per heavy atom. The molecule has 1 aromatic heterocycles. The van der Waals surface area contributed by atoms with Crippen molar-refractivity contribution in [3.63, 3.8) is 0 Å². The molecule has 2 heterocycles. The second-order valence-corrected chi connectivity index (χ2v) is 8.19. The molecule has 8 heteroatoms. The van der Waals surface area contributed by atoms with Crippen molar-refractivity contribution in [3.8, 4) is 11.5 Å². The molecule has 0 aliphatic carbocycles. The number of aromatic nitrogens is 2. The van der Waals surface area contributed by atoms with Gasteiger partial charge in [0.25, 0.3) is 5.22 Å². The van der Waals surface area contributed by atoms with Crippen LogP contribution in [0.2, 0.25) is 0 Å². The molecule has 162 valence electrons. The summed E-state index contributed by atoms with van der Waals surface area (Å²) in [7, 11) is 3.28. The number of hydrogen-bond acceptors (Lipinski definition) is 7. The maximum atomic E-state index is 13.0. The van der Waals surface area contributed by atoms with E-state index in [2.05, 4.69) is 10.2 Å². The molecule has 3 aromatic rings. The minimum Gasteiger partial charge on any atom is -0.497 e. The van der Waals surface area contributed by atoms with Gasteiger partial charge in [-0.3, -0.25) is 4.79 Å². The van der Waals surface area contributed by atoms with Crippen molar-refractivity contribution in [1.82, 2.24) is 15.1 Å². The van der Waals surface area contributed by atoms with Crippen molar-refractivity contribution >= 4 is 17.7 Å². The third kappa shape index (κ3) is 5.02. The molecule has 1 fully saturated rings. The van der Waals surface area contributed by atoms with E-state index >= 15 is 0 Å². The average molecular weight is 440 g/mol. The van der Waals surface area contributed by atoms with Gasteiger partial charge in [-0.05, 0) is 36.6 Å². The van der Waals surface area contributed by atoms with Crippen LogP contribution in [-0.4, -0.2) is 47.5 Å². The molecule has 0 bridgehead atoms. The second-order valence-electron chi connectivity index (χ2n) is 7.27. The van der Waals surface area contributed by atoms with Gasteiger partial charge in [0.1, 0.15) is 11.5 Å². The van der Waals surface area contributed by atoms with Crippen LogP contribution in [-0.2, 0) is 11.2 Å². The molecular formula is C23H25N3O4S. The summed E-state index contributed by atoms with van der Waals surface area (Å²) < 4.78 is 16.6. The summed E-state index contributed by atoms with van der Waals surface area (Å²) in [5.74, 6) is 2.35. The number of likely N-dealkylation sites (tertiary alicyclic amines) is 1. The number of methoxy groups -OCH3 is 2. The number of carbonyl (C=O) groups excluding carboxylic acids is 1. The molecule has 0 saturated carbocycles. The van der Waals surface area contributed by atoms with Crippen molar-refractivity contribution in [2.75, 3.05) is 26.5 Å². The quantitative estimate of drug-likeness (QED) is 0.488. The molecule has 2 aromatic carbocycles. The Balaban J connectivity index is 1.40. The predicted molar refractivity (Wildman–Crippen MR) is 118 cm³/mol. The van der Waals surface area contributed by atoms with Gasteiger partial charge in [0.05, 0.1) is 32.4 Å². The van der Waals surface area contributed by atoms with Gasteiger partial charge in [0.15, 0.2) is 0 Å². The smallest absolute Gasteiger partial charge is 0.277 e. The molecule has 0 spiro atoms. The van der Waals surface area contributed by atoms with Gasteiger partial charge in [-0.15, -0.1) is 10.2 Å². The molecule has 1 saturated heterocycles. The van der Waals surface area contributed by atoms with Crippen LogP contribution in [0.1, 0.15) is 35.9 Å². The zero-order chi connectivity index (χ0) is 21.6. The molecule has 0 unspecified atom stereocenters. The van der Waals surface area contributed by atoms with Crippen LogP contribution in [0.3, 0.4) is 0 Å². The number of thioether (sulfide) groups is 1. The lowest BCUT2D eigenvalue weighted by molar-refractivity contribution is -0.129. The van der Waals surface area contributed by atoms with Crippen LogP contribution in [0.4, 0.5) is 0 Å². The van der Waals surface area contributed by atoms with Gasteiger partial charge in [0.2, 0.25) is 11.8 Å². The summed E-state index contributed by atoms with van der Waals surface area (Å²) in [4.78, 5) is 14.9. The van der Waals surface area contributed by atoms with Gasteiger partial charge in [0, 0.05) is 12.1 Å². The summed E-state index contributed by atoms with van der Waals surface area (Å²) >= 11 is 1.27. The number of hydrogen-bond donors (Lipinski definition) is 0. The highest BCUT2D eigenvalue weighted by atomic mass is 32.2. The highest BCUT2D eigenvalue weighted by molar-refractivity contribution is 7.99. The molecule has 0 N–H and O–H groups in total. The lowest BCUT2D eigenvalue weighted by Gasteiger charge is -2.26. The third-order valence-corrected chi connectivity index (χ3v) is 6.14. The minimum atomic E-state index is -0.0329. The van der Waals surface area contributed by atoms with Crippen molar-refractivity contribution in [3.05, 3.63) is 65.5 Å². The van der Waals surface area contributed by atoms with Gasteiger partial charge in [-0.2, -0.15) is 0 Å². The Morgan fingerprint density at radius 2 is 2.00 bits per heavy atom. The highest BCUT2D eigenvalue weighted by Gasteiger charge is 2.32. The highest BCUT2D eigenvalue weighted by Crippen LogP contribution is 2.39. The fourth-order valence-electron chi connectivity index (χ4n) is 3.83. The van der Waals surface area contributed by atoms with E-state index in [1.54, 1.807) is 14.2 Å². The standard InChI is InChI=1S/C23H25N3O4S/c1-28-17-10-11-20(29-2)18(14-17)19-9-6-12-26(19)22(27)15-31-23-25-24-21(30-23)13-16-7-4-3-5-8-16/h3-5,7-8,10-11,14,19H,6,9,12-13,15H2,1-2H3/t19-/m1/s1. The Hall–Kier alpha value is -3.00. The molecular weight excluding hydrogens is 414 g/mol. The molecule has 1 amide bonds. The van der Waals surface area contributed by atoms with E-state index in [0.717, 1.165) is 35.5 Å². The van der Waals surface area contributed by atoms with Gasteiger partial charge in [-0.1, -0.05) is 42.1 Å². The molecule has 4 rings (SSSR count). The van der Waals surface area contributed by atoms with Crippen molar-refractivity contribution in [2.45, 2.75) is 30.5 Å². The lowest BCUT2D eigenvalue weighted by Crippen LogP contribution is -2.32. The Bertz CT molecular complexity index is 1020. The van der Waals surface area contributed by atoms with Crippen molar-refractivity contribution in [1.29, 1.82) is 0 Å². The van der Waals surface area contributed by atoms with Crippen LogP contribution in [0.5, 0.6) is 11.5 Å². The third-order valence-electron chi connectivity index (χ3n) is 5.33. The average Bonchev–Trinajstić information content (AvgIpc) is 3.47. The van der Waals surface area contributed by atoms with E-state index in [9.17, 15) is 4.79 Å². The van der Waals surface area contributed by atoms with E-state index < -0.39 is 0 Å². The van der Waals surface area contributed by atoms with Gasteiger partial charge >= 0.3 is 0 Å². The van der Waals surface area contributed by atoms with Crippen LogP contribution in [0.25, 0.3) is 0 Å². The Labute approximate surface area is 185 Å². The molecule has 1 atom stereocenters. The zero-order valence-electron chi connectivity index (χ0n) is 17.6. The molecule has 7 nitrogen and oxygen atoms in total. The predicted octanol–water partition coefficient (Wildman–Crippen LogP) is 4.13. The summed E-state index contributed by atoms with van der Waals surface area (Å²) in [6, 6.07) is 15.6. The van der Waals surface area contributed by atoms with Crippen molar-refractivity contribution < 1.29 is 18.7 Å². The number of carbonyl (C=O) groups is 1. The second kappa shape index (κ2) is 9.87. The maximum absolute atomic E-state index is 13.0. The van der Waals surface area contributed by atoms with Crippen LogP contribution in [0.15, 0.2) is 58.2 Å². The van der Waals surface area contributed by atoms with E-state index in [0.29, 0.717) is 24.1 Å². The molecule has 31 heavy (non-hydrogen) atoms. The fourth-order valence-corrected chi connectivity index (χ4v) is 4.50. The van der Waals surface area contributed by atoms with E-state index in [1.165, 1.54) is 11.8 Å². The first-order valence-electron chi connectivity index (χ1n) is 10.2. The number of nitrogens with zero attached hydrogens (tertiary/aromatic N) is 3. The van der Waals surface area contributed by atoms with Gasteiger partial charge < -0.3 is 18.8 Å².